The van der Waals surface area contributed by atoms with E-state index in [9.17, 15) is 10.1 Å². The fraction of sp³-hybridized carbons (Fsp3) is 0.364. The highest BCUT2D eigenvalue weighted by Gasteiger charge is 2.21. The maximum absolute atomic E-state index is 11.2. The van der Waals surface area contributed by atoms with Crippen LogP contribution in [-0.2, 0) is 0 Å². The molecule has 7 heteroatoms. The van der Waals surface area contributed by atoms with Gasteiger partial charge in [0.2, 0.25) is 0 Å². The molecule has 0 aliphatic rings. The van der Waals surface area contributed by atoms with E-state index in [1.54, 1.807) is 11.6 Å². The van der Waals surface area contributed by atoms with Gasteiger partial charge in [-0.1, -0.05) is 0 Å². The Labute approximate surface area is 108 Å². The topological polar surface area (TPSA) is 94.1 Å². The predicted octanol–water partition coefficient (Wildman–Crippen LogP) is 2.35. The summed E-state index contributed by atoms with van der Waals surface area (Å²) in [6.07, 6.45) is 0. The minimum atomic E-state index is -0.440. The molecule has 0 spiro atoms. The van der Waals surface area contributed by atoms with E-state index in [0.29, 0.717) is 17.7 Å². The standard InChI is InChI=1S/C11H14N4O2S/c1-11(2,12)5-13-7-3-4-8-9(14-6-18-8)10(7)15(16)17/h3-4,6,13H,5,12H2,1-2H3. The van der Waals surface area contributed by atoms with Gasteiger partial charge in [0, 0.05) is 12.1 Å². The molecule has 0 radical (unpaired) electrons. The van der Waals surface area contributed by atoms with E-state index < -0.39 is 10.5 Å². The summed E-state index contributed by atoms with van der Waals surface area (Å²) in [4.78, 5) is 14.8. The van der Waals surface area contributed by atoms with Crippen molar-refractivity contribution in [3.63, 3.8) is 0 Å². The molecule has 6 nitrogen and oxygen atoms in total. The van der Waals surface area contributed by atoms with Gasteiger partial charge >= 0.3 is 5.69 Å². The number of thiazole rings is 1. The van der Waals surface area contributed by atoms with E-state index in [-0.39, 0.29) is 5.69 Å². The summed E-state index contributed by atoms with van der Waals surface area (Å²) >= 11 is 1.38. The average molecular weight is 266 g/mol. The summed E-state index contributed by atoms with van der Waals surface area (Å²) in [7, 11) is 0. The van der Waals surface area contributed by atoms with Gasteiger partial charge in [0.15, 0.2) is 5.52 Å². The third kappa shape index (κ3) is 2.57. The van der Waals surface area contributed by atoms with Gasteiger partial charge in [0.05, 0.1) is 15.1 Å². The molecular formula is C11H14N4O2S. The number of anilines is 1. The first-order chi connectivity index (χ1) is 8.38. The van der Waals surface area contributed by atoms with E-state index >= 15 is 0 Å². The van der Waals surface area contributed by atoms with Crippen molar-refractivity contribution in [2.45, 2.75) is 19.4 Å². The van der Waals surface area contributed by atoms with Crippen LogP contribution in [0.15, 0.2) is 17.6 Å². The van der Waals surface area contributed by atoms with E-state index in [1.165, 1.54) is 11.3 Å². The van der Waals surface area contributed by atoms with Gasteiger partial charge in [-0.3, -0.25) is 10.1 Å². The number of nitrogens with one attached hydrogen (secondary N) is 1. The van der Waals surface area contributed by atoms with Crippen molar-refractivity contribution in [3.8, 4) is 0 Å². The second-order valence-corrected chi connectivity index (χ2v) is 5.65. The Hall–Kier alpha value is -1.73. The molecule has 1 aromatic carbocycles. The minimum Gasteiger partial charge on any atom is -0.378 e. The highest BCUT2D eigenvalue weighted by atomic mass is 32.1. The molecule has 0 saturated carbocycles. The summed E-state index contributed by atoms with van der Waals surface area (Å²) in [6.45, 7) is 4.16. The third-order valence-corrected chi connectivity index (χ3v) is 3.19. The van der Waals surface area contributed by atoms with Crippen LogP contribution in [0.5, 0.6) is 0 Å². The zero-order valence-electron chi connectivity index (χ0n) is 10.1. The van der Waals surface area contributed by atoms with Crippen LogP contribution < -0.4 is 11.1 Å². The second kappa shape index (κ2) is 4.51. The molecular weight excluding hydrogens is 252 g/mol. The van der Waals surface area contributed by atoms with E-state index in [0.717, 1.165) is 4.70 Å². The third-order valence-electron chi connectivity index (χ3n) is 2.39. The lowest BCUT2D eigenvalue weighted by Gasteiger charge is -2.19. The lowest BCUT2D eigenvalue weighted by molar-refractivity contribution is -0.382. The van der Waals surface area contributed by atoms with Crippen molar-refractivity contribution in [2.24, 2.45) is 5.73 Å². The van der Waals surface area contributed by atoms with Gasteiger partial charge in [-0.05, 0) is 26.0 Å². The quantitative estimate of drug-likeness (QED) is 0.654. The zero-order chi connectivity index (χ0) is 13.3. The number of rotatable bonds is 4. The Kier molecular flexibility index (Phi) is 3.18. The second-order valence-electron chi connectivity index (χ2n) is 4.76. The van der Waals surface area contributed by atoms with Crippen LogP contribution in [-0.4, -0.2) is 22.0 Å². The number of nitro groups is 1. The minimum absolute atomic E-state index is 0.0120. The smallest absolute Gasteiger partial charge is 0.319 e. The van der Waals surface area contributed by atoms with Gasteiger partial charge in [0.1, 0.15) is 5.69 Å². The number of fused-ring (bicyclic) bond motifs is 1. The largest absolute Gasteiger partial charge is 0.378 e. The number of benzene rings is 1. The fourth-order valence-corrected chi connectivity index (χ4v) is 2.25. The van der Waals surface area contributed by atoms with Crippen molar-refractivity contribution >= 4 is 32.9 Å². The van der Waals surface area contributed by atoms with Crippen molar-refractivity contribution in [3.05, 3.63) is 27.8 Å². The monoisotopic (exact) mass is 266 g/mol. The molecule has 18 heavy (non-hydrogen) atoms. The molecule has 0 saturated heterocycles. The van der Waals surface area contributed by atoms with Crippen LogP contribution in [0, 0.1) is 10.1 Å². The Bertz CT molecular complexity index is 588. The molecule has 3 N–H and O–H groups in total. The molecule has 0 fully saturated rings. The van der Waals surface area contributed by atoms with Gasteiger partial charge < -0.3 is 11.1 Å². The number of nitrogens with two attached hydrogens (primary N) is 1. The predicted molar refractivity (Wildman–Crippen MR) is 73.0 cm³/mol. The normalized spacial score (nSPS) is 11.7. The van der Waals surface area contributed by atoms with Crippen LogP contribution in [0.2, 0.25) is 0 Å². The molecule has 2 rings (SSSR count). The Balaban J connectivity index is 2.43. The lowest BCUT2D eigenvalue weighted by atomic mass is 10.1. The first-order valence-electron chi connectivity index (χ1n) is 5.42. The molecule has 0 unspecified atom stereocenters. The SMILES string of the molecule is CC(C)(N)CNc1ccc2scnc2c1[N+](=O)[O-]. The van der Waals surface area contributed by atoms with Crippen molar-refractivity contribution < 1.29 is 4.92 Å². The summed E-state index contributed by atoms with van der Waals surface area (Å²) in [5.74, 6) is 0. The maximum Gasteiger partial charge on any atom is 0.319 e. The summed E-state index contributed by atoms with van der Waals surface area (Å²) in [6, 6.07) is 3.52. The van der Waals surface area contributed by atoms with Crippen LogP contribution in [0.25, 0.3) is 10.2 Å². The molecule has 0 aliphatic heterocycles. The summed E-state index contributed by atoms with van der Waals surface area (Å²) in [5, 5.41) is 14.2. The van der Waals surface area contributed by atoms with Gasteiger partial charge in [-0.15, -0.1) is 11.3 Å². The van der Waals surface area contributed by atoms with Crippen LogP contribution >= 0.6 is 11.3 Å². The first-order valence-corrected chi connectivity index (χ1v) is 6.30. The van der Waals surface area contributed by atoms with Crippen molar-refractivity contribution in [1.29, 1.82) is 0 Å². The van der Waals surface area contributed by atoms with Crippen LogP contribution in [0.1, 0.15) is 13.8 Å². The molecule has 0 atom stereocenters. The molecule has 96 valence electrons. The van der Waals surface area contributed by atoms with Crippen molar-refractivity contribution in [2.75, 3.05) is 11.9 Å². The van der Waals surface area contributed by atoms with Crippen LogP contribution in [0.3, 0.4) is 0 Å². The highest BCUT2D eigenvalue weighted by molar-refractivity contribution is 7.16. The molecule has 1 heterocycles. The van der Waals surface area contributed by atoms with E-state index in [2.05, 4.69) is 10.3 Å². The average Bonchev–Trinajstić information content (AvgIpc) is 2.71. The number of nitro benzene ring substituents is 1. The highest BCUT2D eigenvalue weighted by Crippen LogP contribution is 2.34. The Morgan fingerprint density at radius 3 is 2.89 bits per heavy atom. The first kappa shape index (κ1) is 12.7. The molecule has 2 aromatic rings. The number of hydrogen-bond acceptors (Lipinski definition) is 6. The van der Waals surface area contributed by atoms with Crippen molar-refractivity contribution in [1.82, 2.24) is 4.98 Å². The zero-order valence-corrected chi connectivity index (χ0v) is 11.0. The van der Waals surface area contributed by atoms with Crippen LogP contribution in [0.4, 0.5) is 11.4 Å². The molecule has 0 amide bonds. The molecule has 0 bridgehead atoms. The lowest BCUT2D eigenvalue weighted by Crippen LogP contribution is -2.39. The van der Waals surface area contributed by atoms with Gasteiger partial charge in [-0.25, -0.2) is 4.98 Å². The fourth-order valence-electron chi connectivity index (χ4n) is 1.57. The number of aromatic nitrogens is 1. The number of nitrogens with zero attached hydrogens (tertiary/aromatic N) is 2. The van der Waals surface area contributed by atoms with E-state index in [4.69, 9.17) is 5.73 Å². The number of hydrogen-bond donors (Lipinski definition) is 2. The Morgan fingerprint density at radius 2 is 2.28 bits per heavy atom. The molecule has 0 aliphatic carbocycles. The maximum atomic E-state index is 11.2. The molecule has 1 aromatic heterocycles. The van der Waals surface area contributed by atoms with Gasteiger partial charge in [-0.2, -0.15) is 0 Å². The van der Waals surface area contributed by atoms with E-state index in [1.807, 2.05) is 19.9 Å². The van der Waals surface area contributed by atoms with Gasteiger partial charge in [0.25, 0.3) is 0 Å². The summed E-state index contributed by atoms with van der Waals surface area (Å²) in [5.41, 5.74) is 7.91. The summed E-state index contributed by atoms with van der Waals surface area (Å²) < 4.78 is 0.805. The Morgan fingerprint density at radius 1 is 1.56 bits per heavy atom.